The number of carbonyl (C=O) groups is 1. The second kappa shape index (κ2) is 5.54. The second-order valence-corrected chi connectivity index (χ2v) is 3.83. The van der Waals surface area contributed by atoms with E-state index in [2.05, 4.69) is 19.2 Å². The molecule has 0 fully saturated rings. The molecule has 0 aliphatic rings. The number of nitrogens with one attached hydrogen (secondary N) is 1. The van der Waals surface area contributed by atoms with Crippen molar-refractivity contribution in [3.8, 4) is 0 Å². The van der Waals surface area contributed by atoms with Crippen LogP contribution < -0.4 is 5.32 Å². The Balaban J connectivity index is 2.66. The van der Waals surface area contributed by atoms with Crippen molar-refractivity contribution in [1.82, 2.24) is 5.32 Å². The SMILES string of the molecule is CCc1ccc(C(=O)NC(C)CC)cc1. The van der Waals surface area contributed by atoms with Crippen molar-refractivity contribution in [2.75, 3.05) is 0 Å². The Hall–Kier alpha value is -1.31. The summed E-state index contributed by atoms with van der Waals surface area (Å²) in [7, 11) is 0. The van der Waals surface area contributed by atoms with Gasteiger partial charge in [-0.15, -0.1) is 0 Å². The highest BCUT2D eigenvalue weighted by molar-refractivity contribution is 5.94. The van der Waals surface area contributed by atoms with Crippen LogP contribution in [0.5, 0.6) is 0 Å². The first-order valence-electron chi connectivity index (χ1n) is 5.57. The minimum atomic E-state index is 0.0204. The molecule has 0 aliphatic carbocycles. The number of hydrogen-bond acceptors (Lipinski definition) is 1. The highest BCUT2D eigenvalue weighted by Crippen LogP contribution is 2.05. The maximum absolute atomic E-state index is 11.7. The molecule has 0 heterocycles. The molecule has 1 unspecified atom stereocenters. The van der Waals surface area contributed by atoms with Gasteiger partial charge in [0.2, 0.25) is 0 Å². The lowest BCUT2D eigenvalue weighted by molar-refractivity contribution is 0.0939. The normalized spacial score (nSPS) is 12.2. The first kappa shape index (κ1) is 11.8. The van der Waals surface area contributed by atoms with Crippen molar-refractivity contribution in [3.63, 3.8) is 0 Å². The third-order valence-electron chi connectivity index (χ3n) is 2.61. The molecule has 1 aromatic rings. The Bertz CT molecular complexity index is 316. The van der Waals surface area contributed by atoms with E-state index < -0.39 is 0 Å². The zero-order valence-corrected chi connectivity index (χ0v) is 9.71. The fourth-order valence-corrected chi connectivity index (χ4v) is 1.30. The average molecular weight is 205 g/mol. The number of hydrogen-bond donors (Lipinski definition) is 1. The number of benzene rings is 1. The van der Waals surface area contributed by atoms with Crippen LogP contribution >= 0.6 is 0 Å². The Morgan fingerprint density at radius 2 is 1.87 bits per heavy atom. The van der Waals surface area contributed by atoms with E-state index in [1.54, 1.807) is 0 Å². The summed E-state index contributed by atoms with van der Waals surface area (Å²) < 4.78 is 0. The molecule has 0 aliphatic heterocycles. The predicted octanol–water partition coefficient (Wildman–Crippen LogP) is 2.78. The van der Waals surface area contributed by atoms with E-state index in [9.17, 15) is 4.79 Å². The molecule has 0 saturated heterocycles. The summed E-state index contributed by atoms with van der Waals surface area (Å²) in [6.07, 6.45) is 1.96. The first-order valence-corrected chi connectivity index (χ1v) is 5.57. The standard InChI is InChI=1S/C13H19NO/c1-4-10(3)14-13(15)12-8-6-11(5-2)7-9-12/h6-10H,4-5H2,1-3H3,(H,14,15). The number of rotatable bonds is 4. The second-order valence-electron chi connectivity index (χ2n) is 3.83. The minimum Gasteiger partial charge on any atom is -0.350 e. The Kier molecular flexibility index (Phi) is 4.35. The minimum absolute atomic E-state index is 0.0204. The highest BCUT2D eigenvalue weighted by Gasteiger charge is 2.07. The molecule has 0 saturated carbocycles. The number of carbonyl (C=O) groups excluding carboxylic acids is 1. The van der Waals surface area contributed by atoms with Gasteiger partial charge in [-0.1, -0.05) is 26.0 Å². The molecule has 0 aromatic heterocycles. The molecular formula is C13H19NO. The lowest BCUT2D eigenvalue weighted by Crippen LogP contribution is -2.31. The van der Waals surface area contributed by atoms with Gasteiger partial charge in [-0.05, 0) is 37.5 Å². The monoisotopic (exact) mass is 205 g/mol. The van der Waals surface area contributed by atoms with E-state index in [0.717, 1.165) is 18.4 Å². The molecule has 0 bridgehead atoms. The molecule has 0 spiro atoms. The molecule has 2 nitrogen and oxygen atoms in total. The molecule has 1 atom stereocenters. The van der Waals surface area contributed by atoms with Crippen LogP contribution in [-0.4, -0.2) is 11.9 Å². The van der Waals surface area contributed by atoms with Crippen molar-refractivity contribution in [2.45, 2.75) is 39.7 Å². The lowest BCUT2D eigenvalue weighted by Gasteiger charge is -2.11. The first-order chi connectivity index (χ1) is 7.17. The number of aryl methyl sites for hydroxylation is 1. The van der Waals surface area contributed by atoms with E-state index in [1.165, 1.54) is 5.56 Å². The summed E-state index contributed by atoms with van der Waals surface area (Å²) in [5.74, 6) is 0.0204. The molecular weight excluding hydrogens is 186 g/mol. The zero-order chi connectivity index (χ0) is 11.3. The van der Waals surface area contributed by atoms with Gasteiger partial charge in [0.15, 0.2) is 0 Å². The summed E-state index contributed by atoms with van der Waals surface area (Å²) in [6, 6.07) is 8.02. The van der Waals surface area contributed by atoms with Gasteiger partial charge in [0.05, 0.1) is 0 Å². The fraction of sp³-hybridized carbons (Fsp3) is 0.462. The van der Waals surface area contributed by atoms with Gasteiger partial charge in [0.1, 0.15) is 0 Å². The summed E-state index contributed by atoms with van der Waals surface area (Å²) in [4.78, 5) is 11.7. The third kappa shape index (κ3) is 3.39. The van der Waals surface area contributed by atoms with Crippen LogP contribution in [0.4, 0.5) is 0 Å². The summed E-state index contributed by atoms with van der Waals surface area (Å²) >= 11 is 0. The average Bonchev–Trinajstić information content (AvgIpc) is 2.29. The van der Waals surface area contributed by atoms with Crippen LogP contribution in [0.15, 0.2) is 24.3 Å². The maximum Gasteiger partial charge on any atom is 0.251 e. The molecule has 1 N–H and O–H groups in total. The summed E-state index contributed by atoms with van der Waals surface area (Å²) in [5, 5.41) is 2.94. The van der Waals surface area contributed by atoms with Crippen molar-refractivity contribution in [3.05, 3.63) is 35.4 Å². The molecule has 82 valence electrons. The molecule has 1 amide bonds. The number of amides is 1. The molecule has 15 heavy (non-hydrogen) atoms. The van der Waals surface area contributed by atoms with E-state index in [4.69, 9.17) is 0 Å². The Morgan fingerprint density at radius 3 is 2.33 bits per heavy atom. The van der Waals surface area contributed by atoms with Crippen molar-refractivity contribution in [2.24, 2.45) is 0 Å². The molecule has 0 radical (unpaired) electrons. The largest absolute Gasteiger partial charge is 0.350 e. The van der Waals surface area contributed by atoms with Crippen molar-refractivity contribution in [1.29, 1.82) is 0 Å². The van der Waals surface area contributed by atoms with Gasteiger partial charge in [-0.3, -0.25) is 4.79 Å². The smallest absolute Gasteiger partial charge is 0.251 e. The lowest BCUT2D eigenvalue weighted by atomic mass is 10.1. The predicted molar refractivity (Wildman–Crippen MR) is 63.0 cm³/mol. The van der Waals surface area contributed by atoms with Crippen LogP contribution in [-0.2, 0) is 6.42 Å². The van der Waals surface area contributed by atoms with Gasteiger partial charge in [-0.2, -0.15) is 0 Å². The van der Waals surface area contributed by atoms with Crippen molar-refractivity contribution >= 4 is 5.91 Å². The van der Waals surface area contributed by atoms with Gasteiger partial charge in [0, 0.05) is 11.6 Å². The van der Waals surface area contributed by atoms with Crippen molar-refractivity contribution < 1.29 is 4.79 Å². The Morgan fingerprint density at radius 1 is 1.27 bits per heavy atom. The molecule has 1 rings (SSSR count). The topological polar surface area (TPSA) is 29.1 Å². The van der Waals surface area contributed by atoms with Crippen LogP contribution in [0.3, 0.4) is 0 Å². The van der Waals surface area contributed by atoms with E-state index in [1.807, 2.05) is 31.2 Å². The van der Waals surface area contributed by atoms with E-state index >= 15 is 0 Å². The zero-order valence-electron chi connectivity index (χ0n) is 9.71. The van der Waals surface area contributed by atoms with E-state index in [-0.39, 0.29) is 11.9 Å². The van der Waals surface area contributed by atoms with Gasteiger partial charge < -0.3 is 5.32 Å². The van der Waals surface area contributed by atoms with Crippen LogP contribution in [0.2, 0.25) is 0 Å². The van der Waals surface area contributed by atoms with Crippen LogP contribution in [0.25, 0.3) is 0 Å². The van der Waals surface area contributed by atoms with Gasteiger partial charge in [-0.25, -0.2) is 0 Å². The quantitative estimate of drug-likeness (QED) is 0.804. The summed E-state index contributed by atoms with van der Waals surface area (Å²) in [6.45, 7) is 6.18. The fourth-order valence-electron chi connectivity index (χ4n) is 1.30. The van der Waals surface area contributed by atoms with Crippen LogP contribution in [0.1, 0.15) is 43.1 Å². The third-order valence-corrected chi connectivity index (χ3v) is 2.61. The molecule has 1 aromatic carbocycles. The highest BCUT2D eigenvalue weighted by atomic mass is 16.1. The van der Waals surface area contributed by atoms with Gasteiger partial charge in [0.25, 0.3) is 5.91 Å². The van der Waals surface area contributed by atoms with Crippen LogP contribution in [0, 0.1) is 0 Å². The summed E-state index contributed by atoms with van der Waals surface area (Å²) in [5.41, 5.74) is 2.00. The maximum atomic E-state index is 11.7. The Labute approximate surface area is 91.7 Å². The molecule has 2 heteroatoms. The van der Waals surface area contributed by atoms with E-state index in [0.29, 0.717) is 0 Å². The van der Waals surface area contributed by atoms with Gasteiger partial charge >= 0.3 is 0 Å².